The molecule has 0 radical (unpaired) electrons. The molecule has 3 rings (SSSR count). The largest absolute Gasteiger partial charge is 0.466 e. The van der Waals surface area contributed by atoms with Crippen molar-refractivity contribution in [2.45, 2.75) is 6.92 Å². The number of rotatable bonds is 2. The summed E-state index contributed by atoms with van der Waals surface area (Å²) >= 11 is 0. The number of nitrogens with two attached hydrogens (primary N) is 1. The van der Waals surface area contributed by atoms with Gasteiger partial charge in [0, 0.05) is 5.56 Å². The molecule has 1 aliphatic heterocycles. The van der Waals surface area contributed by atoms with Crippen LogP contribution in [0.4, 0.5) is 11.4 Å². The predicted octanol–water partition coefficient (Wildman–Crippen LogP) is 2.30. The number of benzene rings is 2. The van der Waals surface area contributed by atoms with E-state index in [9.17, 15) is 4.79 Å². The summed E-state index contributed by atoms with van der Waals surface area (Å²) < 4.78 is 5.43. The maximum atomic E-state index is 12.0. The van der Waals surface area contributed by atoms with Gasteiger partial charge in [-0.1, -0.05) is 29.8 Å². The third-order valence-corrected chi connectivity index (χ3v) is 3.22. The summed E-state index contributed by atoms with van der Waals surface area (Å²) in [5, 5.41) is 5.59. The van der Waals surface area contributed by atoms with Crippen LogP contribution in [0.5, 0.6) is 0 Å². The zero-order valence-corrected chi connectivity index (χ0v) is 11.6. The molecule has 21 heavy (non-hydrogen) atoms. The summed E-state index contributed by atoms with van der Waals surface area (Å²) in [6.07, 6.45) is 0. The SMILES string of the molecule is Cc1ccc(C2=NN(c3ccccc3N)C(=O)CO2)cc1. The number of ether oxygens (including phenoxy) is 1. The lowest BCUT2D eigenvalue weighted by Gasteiger charge is -2.24. The van der Waals surface area contributed by atoms with E-state index in [1.54, 1.807) is 12.1 Å². The number of nitrogen functional groups attached to an aromatic ring is 1. The van der Waals surface area contributed by atoms with Crippen LogP contribution in [-0.2, 0) is 9.53 Å². The lowest BCUT2D eigenvalue weighted by atomic mass is 10.1. The molecule has 2 aromatic carbocycles. The van der Waals surface area contributed by atoms with Crippen LogP contribution in [0.1, 0.15) is 11.1 Å². The molecule has 5 nitrogen and oxygen atoms in total. The molecule has 0 bridgehead atoms. The molecular weight excluding hydrogens is 266 g/mol. The molecule has 0 atom stereocenters. The third-order valence-electron chi connectivity index (χ3n) is 3.22. The Hall–Kier alpha value is -2.82. The number of nitrogens with zero attached hydrogens (tertiary/aromatic N) is 2. The van der Waals surface area contributed by atoms with Gasteiger partial charge in [0.25, 0.3) is 5.91 Å². The molecule has 0 saturated heterocycles. The predicted molar refractivity (Wildman–Crippen MR) is 82.0 cm³/mol. The summed E-state index contributed by atoms with van der Waals surface area (Å²) in [6.45, 7) is 1.95. The summed E-state index contributed by atoms with van der Waals surface area (Å²) in [5.74, 6) is 0.168. The Balaban J connectivity index is 2.00. The number of hydrogen-bond donors (Lipinski definition) is 1. The van der Waals surface area contributed by atoms with Crippen molar-refractivity contribution in [2.75, 3.05) is 17.3 Å². The van der Waals surface area contributed by atoms with Crippen LogP contribution in [-0.4, -0.2) is 18.4 Å². The van der Waals surface area contributed by atoms with E-state index < -0.39 is 0 Å². The minimum absolute atomic E-state index is 0.0545. The molecule has 0 fully saturated rings. The van der Waals surface area contributed by atoms with Gasteiger partial charge in [0.05, 0.1) is 11.4 Å². The maximum absolute atomic E-state index is 12.0. The van der Waals surface area contributed by atoms with E-state index in [-0.39, 0.29) is 12.5 Å². The van der Waals surface area contributed by atoms with Crippen LogP contribution in [0.3, 0.4) is 0 Å². The van der Waals surface area contributed by atoms with Crippen molar-refractivity contribution in [3.8, 4) is 0 Å². The zero-order chi connectivity index (χ0) is 14.8. The van der Waals surface area contributed by atoms with E-state index in [4.69, 9.17) is 10.5 Å². The van der Waals surface area contributed by atoms with Crippen LogP contribution in [0.15, 0.2) is 53.6 Å². The van der Waals surface area contributed by atoms with Crippen molar-refractivity contribution in [2.24, 2.45) is 5.10 Å². The topological polar surface area (TPSA) is 67.9 Å². The summed E-state index contributed by atoms with van der Waals surface area (Å²) in [7, 11) is 0. The van der Waals surface area contributed by atoms with Gasteiger partial charge in [-0.3, -0.25) is 4.79 Å². The molecule has 0 saturated carbocycles. The Labute approximate surface area is 122 Å². The van der Waals surface area contributed by atoms with Crippen molar-refractivity contribution >= 4 is 23.2 Å². The van der Waals surface area contributed by atoms with Gasteiger partial charge in [0.1, 0.15) is 0 Å². The number of carbonyl (C=O) groups is 1. The number of amides is 1. The molecule has 1 amide bonds. The fourth-order valence-corrected chi connectivity index (χ4v) is 2.07. The van der Waals surface area contributed by atoms with E-state index in [0.717, 1.165) is 11.1 Å². The lowest BCUT2D eigenvalue weighted by Crippen LogP contribution is -2.37. The fraction of sp³-hybridized carbons (Fsp3) is 0.125. The number of para-hydroxylation sites is 2. The number of hydrogen-bond acceptors (Lipinski definition) is 4. The van der Waals surface area contributed by atoms with E-state index in [1.165, 1.54) is 5.01 Å². The normalized spacial score (nSPS) is 14.6. The van der Waals surface area contributed by atoms with E-state index in [0.29, 0.717) is 17.3 Å². The number of anilines is 2. The van der Waals surface area contributed by atoms with Gasteiger partial charge in [-0.2, -0.15) is 5.01 Å². The first-order valence-electron chi connectivity index (χ1n) is 6.61. The summed E-state index contributed by atoms with van der Waals surface area (Å²) in [6, 6.07) is 14.9. The maximum Gasteiger partial charge on any atom is 0.285 e. The molecule has 0 unspecified atom stereocenters. The van der Waals surface area contributed by atoms with Gasteiger partial charge in [-0.15, -0.1) is 5.10 Å². The van der Waals surface area contributed by atoms with Gasteiger partial charge in [0.2, 0.25) is 5.90 Å². The third kappa shape index (κ3) is 2.58. The van der Waals surface area contributed by atoms with Gasteiger partial charge >= 0.3 is 0 Å². The van der Waals surface area contributed by atoms with E-state index in [2.05, 4.69) is 5.10 Å². The molecule has 0 aromatic heterocycles. The Morgan fingerprint density at radius 3 is 2.57 bits per heavy atom. The highest BCUT2D eigenvalue weighted by molar-refractivity contribution is 6.05. The van der Waals surface area contributed by atoms with E-state index >= 15 is 0 Å². The molecular formula is C16H15N3O2. The second-order valence-corrected chi connectivity index (χ2v) is 4.82. The van der Waals surface area contributed by atoms with Crippen molar-refractivity contribution in [3.05, 3.63) is 59.7 Å². The highest BCUT2D eigenvalue weighted by Gasteiger charge is 2.25. The first-order chi connectivity index (χ1) is 10.1. The van der Waals surface area contributed by atoms with Crippen molar-refractivity contribution in [1.82, 2.24) is 0 Å². The molecule has 2 N–H and O–H groups in total. The van der Waals surface area contributed by atoms with Gasteiger partial charge in [-0.05, 0) is 31.2 Å². The first-order valence-corrected chi connectivity index (χ1v) is 6.61. The van der Waals surface area contributed by atoms with Crippen LogP contribution in [0, 0.1) is 6.92 Å². The van der Waals surface area contributed by atoms with Crippen molar-refractivity contribution < 1.29 is 9.53 Å². The van der Waals surface area contributed by atoms with Crippen LogP contribution in [0.25, 0.3) is 0 Å². The van der Waals surface area contributed by atoms with Gasteiger partial charge in [0.15, 0.2) is 6.61 Å². The first kappa shape index (κ1) is 13.2. The second-order valence-electron chi connectivity index (χ2n) is 4.82. The average molecular weight is 281 g/mol. The fourth-order valence-electron chi connectivity index (χ4n) is 2.07. The Morgan fingerprint density at radius 1 is 1.14 bits per heavy atom. The molecule has 1 aliphatic rings. The van der Waals surface area contributed by atoms with Crippen LogP contribution >= 0.6 is 0 Å². The molecule has 2 aromatic rings. The van der Waals surface area contributed by atoms with Crippen molar-refractivity contribution in [1.29, 1.82) is 0 Å². The van der Waals surface area contributed by atoms with Crippen molar-refractivity contribution in [3.63, 3.8) is 0 Å². The summed E-state index contributed by atoms with van der Waals surface area (Å²) in [5.41, 5.74) is 8.95. The molecule has 1 heterocycles. The number of carbonyl (C=O) groups excluding carboxylic acids is 1. The number of hydrazone groups is 1. The van der Waals surface area contributed by atoms with E-state index in [1.807, 2.05) is 43.3 Å². The smallest absolute Gasteiger partial charge is 0.285 e. The highest BCUT2D eigenvalue weighted by Crippen LogP contribution is 2.25. The molecule has 106 valence electrons. The zero-order valence-electron chi connectivity index (χ0n) is 11.6. The quantitative estimate of drug-likeness (QED) is 0.859. The standard InChI is InChI=1S/C16H15N3O2/c1-11-6-8-12(9-7-11)16-18-19(15(20)10-21-16)14-5-3-2-4-13(14)17/h2-9H,10,17H2,1H3. The van der Waals surface area contributed by atoms with Crippen LogP contribution in [0.2, 0.25) is 0 Å². The lowest BCUT2D eigenvalue weighted by molar-refractivity contribution is -0.121. The molecule has 0 aliphatic carbocycles. The number of aryl methyl sites for hydroxylation is 1. The van der Waals surface area contributed by atoms with Gasteiger partial charge < -0.3 is 10.5 Å². The van der Waals surface area contributed by atoms with Crippen LogP contribution < -0.4 is 10.7 Å². The molecule has 0 spiro atoms. The monoisotopic (exact) mass is 281 g/mol. The minimum atomic E-state index is -0.247. The second kappa shape index (κ2) is 5.28. The Morgan fingerprint density at radius 2 is 1.86 bits per heavy atom. The minimum Gasteiger partial charge on any atom is -0.466 e. The Kier molecular flexibility index (Phi) is 3.31. The highest BCUT2D eigenvalue weighted by atomic mass is 16.5. The Bertz CT molecular complexity index is 708. The average Bonchev–Trinajstić information content (AvgIpc) is 2.50. The molecule has 5 heteroatoms. The van der Waals surface area contributed by atoms with Gasteiger partial charge in [-0.25, -0.2) is 0 Å². The summed E-state index contributed by atoms with van der Waals surface area (Å²) in [4.78, 5) is 12.0.